The smallest absolute Gasteiger partial charge is 0.255 e. The van der Waals surface area contributed by atoms with Crippen LogP contribution >= 0.6 is 11.6 Å². The Bertz CT molecular complexity index is 634. The van der Waals surface area contributed by atoms with Crippen LogP contribution in [0.5, 0.6) is 0 Å². The maximum atomic E-state index is 12.5. The standard InChI is InChI=1S/C15H19ClN4O/c1-8(2)14-13(10(4)19-20-14)15(21)18-9(3)12-6-5-11(16)7-17-12/h5-9H,1-4H3,(H,18,21)(H,19,20)/t9-/m0/s1. The zero-order chi connectivity index (χ0) is 15.6. The van der Waals surface area contributed by atoms with Gasteiger partial charge < -0.3 is 5.32 Å². The van der Waals surface area contributed by atoms with Crippen LogP contribution in [0, 0.1) is 6.92 Å². The molecule has 0 aliphatic heterocycles. The SMILES string of the molecule is Cc1[nH]nc(C(C)C)c1C(=O)N[C@@H](C)c1ccc(Cl)cn1. The molecule has 2 aromatic heterocycles. The second kappa shape index (κ2) is 6.26. The summed E-state index contributed by atoms with van der Waals surface area (Å²) in [7, 11) is 0. The number of hydrogen-bond acceptors (Lipinski definition) is 3. The van der Waals surface area contributed by atoms with Crippen LogP contribution in [0.3, 0.4) is 0 Å². The fourth-order valence-electron chi connectivity index (χ4n) is 2.14. The second-order valence-corrected chi connectivity index (χ2v) is 5.80. The van der Waals surface area contributed by atoms with Gasteiger partial charge in [-0.3, -0.25) is 14.9 Å². The summed E-state index contributed by atoms with van der Waals surface area (Å²) in [6, 6.07) is 3.36. The van der Waals surface area contributed by atoms with Gasteiger partial charge in [0.25, 0.3) is 5.91 Å². The van der Waals surface area contributed by atoms with Crippen LogP contribution in [-0.2, 0) is 0 Å². The van der Waals surface area contributed by atoms with Crippen LogP contribution in [0.1, 0.15) is 60.2 Å². The Morgan fingerprint density at radius 2 is 2.05 bits per heavy atom. The zero-order valence-corrected chi connectivity index (χ0v) is 13.3. The molecule has 0 aliphatic carbocycles. The van der Waals surface area contributed by atoms with Crippen molar-refractivity contribution in [1.29, 1.82) is 0 Å². The zero-order valence-electron chi connectivity index (χ0n) is 12.6. The van der Waals surface area contributed by atoms with Crippen molar-refractivity contribution >= 4 is 17.5 Å². The van der Waals surface area contributed by atoms with Gasteiger partial charge in [-0.15, -0.1) is 0 Å². The number of nitrogens with zero attached hydrogens (tertiary/aromatic N) is 2. The van der Waals surface area contributed by atoms with E-state index in [-0.39, 0.29) is 17.9 Å². The van der Waals surface area contributed by atoms with Crippen LogP contribution in [-0.4, -0.2) is 21.1 Å². The third kappa shape index (κ3) is 3.42. The highest BCUT2D eigenvalue weighted by molar-refractivity contribution is 6.30. The van der Waals surface area contributed by atoms with E-state index in [1.165, 1.54) is 0 Å². The maximum absolute atomic E-state index is 12.5. The molecule has 0 bridgehead atoms. The molecule has 1 amide bonds. The number of aryl methyl sites for hydroxylation is 1. The molecule has 2 aromatic rings. The van der Waals surface area contributed by atoms with E-state index >= 15 is 0 Å². The molecule has 0 aromatic carbocycles. The lowest BCUT2D eigenvalue weighted by Crippen LogP contribution is -2.28. The number of carbonyl (C=O) groups excluding carboxylic acids is 1. The van der Waals surface area contributed by atoms with Gasteiger partial charge in [0.2, 0.25) is 0 Å². The summed E-state index contributed by atoms with van der Waals surface area (Å²) < 4.78 is 0. The Morgan fingerprint density at radius 1 is 1.33 bits per heavy atom. The molecule has 2 heterocycles. The molecule has 21 heavy (non-hydrogen) atoms. The first-order valence-electron chi connectivity index (χ1n) is 6.87. The van der Waals surface area contributed by atoms with Crippen molar-refractivity contribution in [1.82, 2.24) is 20.5 Å². The number of hydrogen-bond donors (Lipinski definition) is 2. The van der Waals surface area contributed by atoms with Gasteiger partial charge in [-0.2, -0.15) is 5.10 Å². The molecule has 2 N–H and O–H groups in total. The Balaban J connectivity index is 2.18. The van der Waals surface area contributed by atoms with Crippen molar-refractivity contribution in [3.63, 3.8) is 0 Å². The summed E-state index contributed by atoms with van der Waals surface area (Å²) in [6.45, 7) is 7.75. The Labute approximate surface area is 129 Å². The highest BCUT2D eigenvalue weighted by Gasteiger charge is 2.22. The average Bonchev–Trinajstić information content (AvgIpc) is 2.81. The van der Waals surface area contributed by atoms with Crippen molar-refractivity contribution in [2.45, 2.75) is 39.7 Å². The Kier molecular flexibility index (Phi) is 4.63. The van der Waals surface area contributed by atoms with Crippen molar-refractivity contribution in [3.8, 4) is 0 Å². The van der Waals surface area contributed by atoms with Gasteiger partial charge in [-0.1, -0.05) is 25.4 Å². The van der Waals surface area contributed by atoms with Gasteiger partial charge >= 0.3 is 0 Å². The van der Waals surface area contributed by atoms with E-state index < -0.39 is 0 Å². The largest absolute Gasteiger partial charge is 0.344 e. The van der Waals surface area contributed by atoms with E-state index in [1.807, 2.05) is 27.7 Å². The minimum atomic E-state index is -0.205. The summed E-state index contributed by atoms with van der Waals surface area (Å²) in [5.41, 5.74) is 2.93. The Hall–Kier alpha value is -1.88. The number of pyridine rings is 1. The third-order valence-corrected chi connectivity index (χ3v) is 3.51. The van der Waals surface area contributed by atoms with Crippen molar-refractivity contribution in [3.05, 3.63) is 46.0 Å². The molecule has 112 valence electrons. The molecule has 0 aliphatic rings. The molecule has 0 fully saturated rings. The lowest BCUT2D eigenvalue weighted by Gasteiger charge is -2.14. The molecule has 0 unspecified atom stereocenters. The monoisotopic (exact) mass is 306 g/mol. The van der Waals surface area contributed by atoms with Crippen LogP contribution < -0.4 is 5.32 Å². The van der Waals surface area contributed by atoms with Gasteiger partial charge in [0.05, 0.1) is 28.0 Å². The predicted molar refractivity (Wildman–Crippen MR) is 82.5 cm³/mol. The normalized spacial score (nSPS) is 12.5. The van der Waals surface area contributed by atoms with Crippen LogP contribution in [0.15, 0.2) is 18.3 Å². The molecule has 1 atom stereocenters. The van der Waals surface area contributed by atoms with Gasteiger partial charge in [0.1, 0.15) is 0 Å². The third-order valence-electron chi connectivity index (χ3n) is 3.29. The highest BCUT2D eigenvalue weighted by atomic mass is 35.5. The van der Waals surface area contributed by atoms with E-state index in [1.54, 1.807) is 18.3 Å². The molecule has 0 spiro atoms. The number of carbonyl (C=O) groups is 1. The first-order chi connectivity index (χ1) is 9.90. The molecule has 2 rings (SSSR count). The average molecular weight is 307 g/mol. The fourth-order valence-corrected chi connectivity index (χ4v) is 2.25. The number of rotatable bonds is 4. The van der Waals surface area contributed by atoms with E-state index in [2.05, 4.69) is 20.5 Å². The molecule has 0 radical (unpaired) electrons. The van der Waals surface area contributed by atoms with Gasteiger partial charge in [-0.25, -0.2) is 0 Å². The quantitative estimate of drug-likeness (QED) is 0.909. The number of amides is 1. The van der Waals surface area contributed by atoms with E-state index in [4.69, 9.17) is 11.6 Å². The van der Waals surface area contributed by atoms with Crippen molar-refractivity contribution in [2.24, 2.45) is 0 Å². The van der Waals surface area contributed by atoms with Crippen molar-refractivity contribution < 1.29 is 4.79 Å². The lowest BCUT2D eigenvalue weighted by atomic mass is 10.0. The lowest BCUT2D eigenvalue weighted by molar-refractivity contribution is 0.0937. The van der Waals surface area contributed by atoms with E-state index in [0.717, 1.165) is 17.1 Å². The number of halogens is 1. The van der Waals surface area contributed by atoms with Gasteiger partial charge in [0, 0.05) is 11.9 Å². The summed E-state index contributed by atoms with van der Waals surface area (Å²) in [4.78, 5) is 16.7. The maximum Gasteiger partial charge on any atom is 0.255 e. The van der Waals surface area contributed by atoms with Gasteiger partial charge in [0.15, 0.2) is 0 Å². The molecular weight excluding hydrogens is 288 g/mol. The topological polar surface area (TPSA) is 70.7 Å². The Morgan fingerprint density at radius 3 is 2.62 bits per heavy atom. The second-order valence-electron chi connectivity index (χ2n) is 5.36. The van der Waals surface area contributed by atoms with Crippen molar-refractivity contribution in [2.75, 3.05) is 0 Å². The summed E-state index contributed by atoms with van der Waals surface area (Å²) in [5, 5.41) is 10.6. The first-order valence-corrected chi connectivity index (χ1v) is 7.25. The summed E-state index contributed by atoms with van der Waals surface area (Å²) >= 11 is 5.82. The highest BCUT2D eigenvalue weighted by Crippen LogP contribution is 2.21. The molecular formula is C15H19ClN4O. The molecule has 5 nitrogen and oxygen atoms in total. The number of aromatic nitrogens is 3. The number of H-pyrrole nitrogens is 1. The minimum Gasteiger partial charge on any atom is -0.344 e. The van der Waals surface area contributed by atoms with Gasteiger partial charge in [-0.05, 0) is 31.9 Å². The van der Waals surface area contributed by atoms with Crippen LogP contribution in [0.2, 0.25) is 5.02 Å². The minimum absolute atomic E-state index is 0.144. The van der Waals surface area contributed by atoms with E-state index in [0.29, 0.717) is 10.6 Å². The molecule has 0 saturated carbocycles. The van der Waals surface area contributed by atoms with Crippen LogP contribution in [0.25, 0.3) is 0 Å². The molecule has 0 saturated heterocycles. The summed E-state index contributed by atoms with van der Waals surface area (Å²) in [5.74, 6) is 0.0360. The summed E-state index contributed by atoms with van der Waals surface area (Å²) in [6.07, 6.45) is 1.57. The predicted octanol–water partition coefficient (Wildman–Crippen LogP) is 3.38. The fraction of sp³-hybridized carbons (Fsp3) is 0.400. The first kappa shape index (κ1) is 15.5. The molecule has 6 heteroatoms. The van der Waals surface area contributed by atoms with Crippen LogP contribution in [0.4, 0.5) is 0 Å². The number of nitrogens with one attached hydrogen (secondary N) is 2. The number of aromatic amines is 1. The van der Waals surface area contributed by atoms with E-state index in [9.17, 15) is 4.79 Å².